The minimum atomic E-state index is -0.640. The summed E-state index contributed by atoms with van der Waals surface area (Å²) in [6, 6.07) is 12.6. The molecule has 1 saturated heterocycles. The van der Waals surface area contributed by atoms with Crippen molar-refractivity contribution < 1.29 is 18.7 Å². The number of nitrogens with one attached hydrogen (secondary N) is 1. The molecule has 4 aromatic rings. The summed E-state index contributed by atoms with van der Waals surface area (Å²) in [5.41, 5.74) is 3.47. The van der Waals surface area contributed by atoms with Gasteiger partial charge in [0.2, 0.25) is 11.8 Å². The van der Waals surface area contributed by atoms with Gasteiger partial charge in [0.15, 0.2) is 5.65 Å². The van der Waals surface area contributed by atoms with Gasteiger partial charge in [0.05, 0.1) is 24.9 Å². The highest BCUT2D eigenvalue weighted by atomic mass is 19.1. The Balaban J connectivity index is 1.34. The van der Waals surface area contributed by atoms with E-state index in [0.717, 1.165) is 4.68 Å². The highest BCUT2D eigenvalue weighted by Gasteiger charge is 2.35. The fourth-order valence-electron chi connectivity index (χ4n) is 3.87. The lowest BCUT2D eigenvalue weighted by molar-refractivity contribution is -0.123. The van der Waals surface area contributed by atoms with Crippen LogP contribution in [-0.4, -0.2) is 44.9 Å². The van der Waals surface area contributed by atoms with E-state index in [0.29, 0.717) is 17.1 Å². The lowest BCUT2D eigenvalue weighted by Crippen LogP contribution is -2.37. The Hall–Kier alpha value is -4.54. The van der Waals surface area contributed by atoms with Crippen LogP contribution in [0, 0.1) is 11.7 Å². The second-order valence-electron chi connectivity index (χ2n) is 7.77. The minimum Gasteiger partial charge on any atom is -0.497 e. The molecule has 2 aromatic carbocycles. The van der Waals surface area contributed by atoms with Crippen molar-refractivity contribution >= 4 is 28.5 Å². The average molecular weight is 462 g/mol. The van der Waals surface area contributed by atoms with Gasteiger partial charge in [0, 0.05) is 18.7 Å². The van der Waals surface area contributed by atoms with Crippen molar-refractivity contribution in [2.45, 2.75) is 6.42 Å². The van der Waals surface area contributed by atoms with Gasteiger partial charge in [0.1, 0.15) is 23.3 Å². The van der Waals surface area contributed by atoms with Crippen molar-refractivity contribution in [2.24, 2.45) is 5.92 Å². The molecule has 1 unspecified atom stereocenters. The van der Waals surface area contributed by atoms with Crippen LogP contribution < -0.4 is 20.6 Å². The van der Waals surface area contributed by atoms with Gasteiger partial charge >= 0.3 is 0 Å². The molecule has 2 amide bonds. The first-order valence-corrected chi connectivity index (χ1v) is 10.4. The Morgan fingerprint density at radius 3 is 2.50 bits per heavy atom. The molecule has 1 atom stereocenters. The second-order valence-corrected chi connectivity index (χ2v) is 7.77. The number of carbonyl (C=O) groups excluding carboxylic acids is 2. The normalized spacial score (nSPS) is 15.6. The minimum absolute atomic E-state index is 0.0186. The number of fused-ring (bicyclic) bond motifs is 1. The van der Waals surface area contributed by atoms with Crippen LogP contribution in [0.1, 0.15) is 6.42 Å². The van der Waals surface area contributed by atoms with Crippen molar-refractivity contribution in [3.8, 4) is 11.4 Å². The fourth-order valence-corrected chi connectivity index (χ4v) is 3.87. The van der Waals surface area contributed by atoms with Crippen molar-refractivity contribution in [3.05, 3.63) is 77.2 Å². The van der Waals surface area contributed by atoms with Gasteiger partial charge in [-0.05, 0) is 48.5 Å². The first-order chi connectivity index (χ1) is 16.4. The van der Waals surface area contributed by atoms with Gasteiger partial charge < -0.3 is 9.64 Å². The molecule has 2 aromatic heterocycles. The van der Waals surface area contributed by atoms with Gasteiger partial charge in [-0.1, -0.05) is 0 Å². The number of halogens is 1. The zero-order valence-corrected chi connectivity index (χ0v) is 18.0. The number of hydrogen-bond acceptors (Lipinski definition) is 6. The molecule has 11 heteroatoms. The molecule has 0 bridgehead atoms. The zero-order chi connectivity index (χ0) is 23.8. The molecule has 0 aliphatic carbocycles. The van der Waals surface area contributed by atoms with Crippen molar-refractivity contribution in [1.82, 2.24) is 19.4 Å². The van der Waals surface area contributed by atoms with Crippen LogP contribution in [0.25, 0.3) is 16.7 Å². The average Bonchev–Trinajstić information content (AvgIpc) is 3.46. The molecule has 1 aliphatic heterocycles. The van der Waals surface area contributed by atoms with Gasteiger partial charge in [-0.25, -0.2) is 18.7 Å². The Morgan fingerprint density at radius 2 is 1.79 bits per heavy atom. The predicted octanol–water partition coefficient (Wildman–Crippen LogP) is 1.85. The molecule has 1 aliphatic rings. The predicted molar refractivity (Wildman–Crippen MR) is 121 cm³/mol. The standard InChI is InChI=1S/C23H19FN6O4/c1-34-18-8-6-16(7-9-18)28-12-14(10-20(28)31)22(32)27-29-13-25-21-19(23(29)33)11-26-30(21)17-4-2-15(24)3-5-17/h2-9,11,13-14H,10,12H2,1H3,(H,27,32). The van der Waals surface area contributed by atoms with Crippen LogP contribution in [0.3, 0.4) is 0 Å². The fraction of sp³-hybridized carbons (Fsp3) is 0.174. The number of anilines is 1. The maximum atomic E-state index is 13.2. The number of carbonyl (C=O) groups is 2. The number of methoxy groups -OCH3 is 1. The first-order valence-electron chi connectivity index (χ1n) is 10.4. The van der Waals surface area contributed by atoms with Gasteiger partial charge in [-0.3, -0.25) is 19.8 Å². The second kappa shape index (κ2) is 8.43. The van der Waals surface area contributed by atoms with E-state index < -0.39 is 23.2 Å². The molecular weight excluding hydrogens is 443 g/mol. The Morgan fingerprint density at radius 1 is 1.09 bits per heavy atom. The van der Waals surface area contributed by atoms with E-state index in [1.807, 2.05) is 0 Å². The van der Waals surface area contributed by atoms with Crippen LogP contribution in [0.4, 0.5) is 10.1 Å². The topological polar surface area (TPSA) is 111 Å². The number of ether oxygens (including phenoxy) is 1. The third-order valence-corrected chi connectivity index (χ3v) is 5.67. The van der Waals surface area contributed by atoms with Crippen LogP contribution in [0.2, 0.25) is 0 Å². The summed E-state index contributed by atoms with van der Waals surface area (Å²) in [5.74, 6) is -1.03. The van der Waals surface area contributed by atoms with Crippen LogP contribution >= 0.6 is 0 Å². The van der Waals surface area contributed by atoms with Crippen LogP contribution in [0.5, 0.6) is 5.75 Å². The zero-order valence-electron chi connectivity index (χ0n) is 18.0. The number of nitrogens with zero attached hydrogens (tertiary/aromatic N) is 5. The number of benzene rings is 2. The molecule has 10 nitrogen and oxygen atoms in total. The summed E-state index contributed by atoms with van der Waals surface area (Å²) in [6.07, 6.45) is 2.54. The van der Waals surface area contributed by atoms with E-state index in [1.165, 1.54) is 46.4 Å². The largest absolute Gasteiger partial charge is 0.497 e. The highest BCUT2D eigenvalue weighted by Crippen LogP contribution is 2.27. The summed E-state index contributed by atoms with van der Waals surface area (Å²) in [5, 5.41) is 4.34. The number of aromatic nitrogens is 4. The summed E-state index contributed by atoms with van der Waals surface area (Å²) in [6.45, 7) is 0.184. The van der Waals surface area contributed by atoms with E-state index >= 15 is 0 Å². The number of rotatable bonds is 5. The molecule has 1 fully saturated rings. The van der Waals surface area contributed by atoms with Crippen LogP contribution in [-0.2, 0) is 9.59 Å². The van der Waals surface area contributed by atoms with Gasteiger partial charge in [-0.2, -0.15) is 5.10 Å². The Labute approximate surface area is 192 Å². The maximum Gasteiger partial charge on any atom is 0.283 e. The molecule has 3 heterocycles. The summed E-state index contributed by atoms with van der Waals surface area (Å²) >= 11 is 0. The lowest BCUT2D eigenvalue weighted by Gasteiger charge is -2.17. The first kappa shape index (κ1) is 21.3. The Kier molecular flexibility index (Phi) is 5.28. The number of hydrogen-bond donors (Lipinski definition) is 1. The van der Waals surface area contributed by atoms with Crippen molar-refractivity contribution in [1.29, 1.82) is 0 Å². The molecule has 172 valence electrons. The molecule has 0 radical (unpaired) electrons. The molecule has 0 saturated carbocycles. The van der Waals surface area contributed by atoms with E-state index in [-0.39, 0.29) is 29.9 Å². The SMILES string of the molecule is COc1ccc(N2CC(C(=O)Nn3cnc4c(cnn4-c4ccc(F)cc4)c3=O)CC2=O)cc1. The van der Waals surface area contributed by atoms with E-state index in [2.05, 4.69) is 15.5 Å². The summed E-state index contributed by atoms with van der Waals surface area (Å²) < 4.78 is 20.7. The molecule has 34 heavy (non-hydrogen) atoms. The van der Waals surface area contributed by atoms with E-state index in [9.17, 15) is 18.8 Å². The molecular formula is C23H19FN6O4. The molecule has 5 rings (SSSR count). The van der Waals surface area contributed by atoms with Crippen LogP contribution in [0.15, 0.2) is 65.8 Å². The van der Waals surface area contributed by atoms with Gasteiger partial charge in [-0.15, -0.1) is 0 Å². The van der Waals surface area contributed by atoms with Gasteiger partial charge in [0.25, 0.3) is 5.56 Å². The lowest BCUT2D eigenvalue weighted by atomic mass is 10.1. The van der Waals surface area contributed by atoms with E-state index in [4.69, 9.17) is 4.74 Å². The summed E-state index contributed by atoms with van der Waals surface area (Å²) in [7, 11) is 1.55. The van der Waals surface area contributed by atoms with Crippen molar-refractivity contribution in [3.63, 3.8) is 0 Å². The number of amides is 2. The monoisotopic (exact) mass is 462 g/mol. The Bertz CT molecular complexity index is 1450. The third-order valence-electron chi connectivity index (χ3n) is 5.67. The highest BCUT2D eigenvalue weighted by molar-refractivity contribution is 6.01. The van der Waals surface area contributed by atoms with Crippen molar-refractivity contribution in [2.75, 3.05) is 24.0 Å². The maximum absolute atomic E-state index is 13.2. The molecule has 0 spiro atoms. The third kappa shape index (κ3) is 3.76. The quantitative estimate of drug-likeness (QED) is 0.485. The summed E-state index contributed by atoms with van der Waals surface area (Å²) in [4.78, 5) is 44.0. The molecule has 1 N–H and O–H groups in total. The van der Waals surface area contributed by atoms with E-state index in [1.54, 1.807) is 31.4 Å². The smallest absolute Gasteiger partial charge is 0.283 e.